The predicted molar refractivity (Wildman–Crippen MR) is 203 cm³/mol. The molecule has 3 unspecified atom stereocenters. The minimum absolute atomic E-state index is 0.0450. The van der Waals surface area contributed by atoms with E-state index in [9.17, 15) is 83.4 Å². The maximum Gasteiger partial charge on any atom is 0.460 e. The van der Waals surface area contributed by atoms with Gasteiger partial charge in [0.1, 0.15) is 6.17 Å². The number of halogens is 25. The fraction of sp³-hybridized carbons (Fsp3) is 0.650. The molecule has 1 heterocycles. The number of rotatable bonds is 16. The first-order valence-electron chi connectivity index (χ1n) is 19.5. The van der Waals surface area contributed by atoms with Crippen LogP contribution in [0.3, 0.4) is 0 Å². The van der Waals surface area contributed by atoms with Crippen LogP contribution in [0, 0.1) is 41.5 Å². The maximum absolute atomic E-state index is 15.5. The zero-order valence-corrected chi connectivity index (χ0v) is 37.8. The van der Waals surface area contributed by atoms with Gasteiger partial charge < -0.3 is 9.80 Å². The summed E-state index contributed by atoms with van der Waals surface area (Å²) in [4.78, 5) is 1.52. The average molecular weight is 1060 g/mol. The van der Waals surface area contributed by atoms with Crippen LogP contribution in [0.15, 0.2) is 35.7 Å². The van der Waals surface area contributed by atoms with Crippen LogP contribution in [0.1, 0.15) is 79.8 Å². The zero-order chi connectivity index (χ0) is 54.2. The first-order valence-corrected chi connectivity index (χ1v) is 20.1. The van der Waals surface area contributed by atoms with Crippen LogP contribution in [0.5, 0.6) is 0 Å². The van der Waals surface area contributed by atoms with Gasteiger partial charge in [0.05, 0.1) is 0 Å². The van der Waals surface area contributed by atoms with Crippen LogP contribution in [0.2, 0.25) is 0 Å². The maximum atomic E-state index is 15.5. The van der Waals surface area contributed by atoms with Gasteiger partial charge >= 0.3 is 65.7 Å². The molecule has 0 fully saturated rings. The van der Waals surface area contributed by atoms with E-state index in [0.29, 0.717) is 11.1 Å². The van der Waals surface area contributed by atoms with E-state index in [1.165, 1.54) is 65.8 Å². The summed E-state index contributed by atoms with van der Waals surface area (Å²) in [5.74, 6) is -69.5. The van der Waals surface area contributed by atoms with Gasteiger partial charge in [-0.15, -0.1) is 0 Å². The van der Waals surface area contributed by atoms with E-state index in [2.05, 4.69) is 0 Å². The Hall–Kier alpha value is -3.54. The molecule has 0 amide bonds. The van der Waals surface area contributed by atoms with Crippen molar-refractivity contribution in [2.45, 2.75) is 165 Å². The smallest absolute Gasteiger partial charge is 0.322 e. The van der Waals surface area contributed by atoms with E-state index < -0.39 is 124 Å². The van der Waals surface area contributed by atoms with Gasteiger partial charge in [0.2, 0.25) is 0 Å². The molecule has 0 bridgehead atoms. The molecule has 0 radical (unpaired) electrons. The Morgan fingerprint density at radius 2 is 0.647 bits per heavy atom. The molecule has 68 heavy (non-hydrogen) atoms. The second kappa shape index (κ2) is 18.6. The Labute approximate surface area is 374 Å². The van der Waals surface area contributed by atoms with Crippen molar-refractivity contribution in [3.8, 4) is 0 Å². The largest absolute Gasteiger partial charge is 0.460 e. The van der Waals surface area contributed by atoms with E-state index in [1.54, 1.807) is 0 Å². The quantitative estimate of drug-likeness (QED) is 0.122. The van der Waals surface area contributed by atoms with Crippen molar-refractivity contribution in [2.75, 3.05) is 9.80 Å². The van der Waals surface area contributed by atoms with Crippen LogP contribution < -0.4 is 9.80 Å². The number of aryl methyl sites for hydroxylation is 6. The highest BCUT2D eigenvalue weighted by Crippen LogP contribution is 2.64. The minimum Gasteiger partial charge on any atom is -0.322 e. The predicted octanol–water partition coefficient (Wildman–Crippen LogP) is 16.4. The molecule has 2 aromatic carbocycles. The molecule has 392 valence electrons. The molecule has 3 rings (SSSR count). The lowest BCUT2D eigenvalue weighted by Crippen LogP contribution is -2.70. The lowest BCUT2D eigenvalue weighted by molar-refractivity contribution is -0.440. The molecule has 28 heteroatoms. The van der Waals surface area contributed by atoms with E-state index >= 15 is 26.3 Å². The molecule has 0 aliphatic carbocycles. The molecule has 2 nitrogen and oxygen atoms in total. The van der Waals surface area contributed by atoms with Crippen molar-refractivity contribution in [3.63, 3.8) is 0 Å². The first kappa shape index (κ1) is 60.6. The Morgan fingerprint density at radius 1 is 0.397 bits per heavy atom. The van der Waals surface area contributed by atoms with Crippen LogP contribution in [-0.4, -0.2) is 77.2 Å². The van der Waals surface area contributed by atoms with E-state index in [-0.39, 0.29) is 33.6 Å². The third-order valence-corrected chi connectivity index (χ3v) is 11.6. The second-order valence-corrected chi connectivity index (χ2v) is 16.7. The highest BCUT2D eigenvalue weighted by atomic mass is 31.0. The van der Waals surface area contributed by atoms with Crippen molar-refractivity contribution in [3.05, 3.63) is 69.0 Å². The topological polar surface area (TPSA) is 6.48 Å². The van der Waals surface area contributed by atoms with Crippen molar-refractivity contribution in [1.29, 1.82) is 0 Å². The first-order chi connectivity index (χ1) is 30.0. The Morgan fingerprint density at radius 3 is 0.897 bits per heavy atom. The number of hydrogen-bond acceptors (Lipinski definition) is 2. The molecular weight excluding hydrogens is 1010 g/mol. The zero-order valence-electron chi connectivity index (χ0n) is 36.6. The van der Waals surface area contributed by atoms with Gasteiger partial charge in [-0.3, -0.25) is 0 Å². The van der Waals surface area contributed by atoms with Crippen molar-refractivity contribution in [2.24, 2.45) is 0 Å². The number of allylic oxidation sites excluding steroid dienone is 2. The summed E-state index contributed by atoms with van der Waals surface area (Å²) >= 11 is 0. The van der Waals surface area contributed by atoms with Gasteiger partial charge in [0, 0.05) is 35.6 Å². The molecular formula is C40H42F25N2P. The van der Waals surface area contributed by atoms with Crippen molar-refractivity contribution in [1.82, 2.24) is 0 Å². The monoisotopic (exact) mass is 1060 g/mol. The summed E-state index contributed by atoms with van der Waals surface area (Å²) in [6, 6.07) is 5.28. The van der Waals surface area contributed by atoms with E-state index in [1.807, 2.05) is 13.8 Å². The number of hydrogen-bond donors (Lipinski definition) is 0. The van der Waals surface area contributed by atoms with Gasteiger partial charge in [-0.05, 0) is 83.6 Å². The third kappa shape index (κ3) is 9.40. The van der Waals surface area contributed by atoms with Crippen LogP contribution in [0.4, 0.5) is 121 Å². The van der Waals surface area contributed by atoms with Gasteiger partial charge in [-0.1, -0.05) is 58.5 Å². The molecule has 3 atom stereocenters. The number of benzene rings is 2. The fourth-order valence-corrected chi connectivity index (χ4v) is 7.80. The van der Waals surface area contributed by atoms with Gasteiger partial charge in [-0.2, -0.15) is 105 Å². The van der Waals surface area contributed by atoms with E-state index in [0.717, 1.165) is 16.7 Å². The summed E-state index contributed by atoms with van der Waals surface area (Å²) in [6.07, 6.45) is -26.7. The summed E-state index contributed by atoms with van der Waals surface area (Å²) in [6.45, 7) is 13.0. The minimum atomic E-state index is -8.33. The van der Waals surface area contributed by atoms with Crippen LogP contribution >= 0.6 is 9.24 Å². The highest BCUT2D eigenvalue weighted by Gasteiger charge is 2.91. The third-order valence-electron chi connectivity index (χ3n) is 10.9. The van der Waals surface area contributed by atoms with Crippen molar-refractivity contribution >= 4 is 20.6 Å². The average Bonchev–Trinajstić information content (AvgIpc) is 3.41. The Balaban J connectivity index is 0.00000782. The molecule has 1 aliphatic heterocycles. The van der Waals surface area contributed by atoms with E-state index in [4.69, 9.17) is 0 Å². The van der Waals surface area contributed by atoms with Crippen LogP contribution in [-0.2, 0) is 0 Å². The Kier molecular flexibility index (Phi) is 16.5. The molecule has 0 aromatic heterocycles. The molecule has 0 spiro atoms. The highest BCUT2D eigenvalue weighted by molar-refractivity contribution is 7.19. The lowest BCUT2D eigenvalue weighted by atomic mass is 9.90. The molecule has 0 saturated heterocycles. The fourth-order valence-electron chi connectivity index (χ4n) is 7.62. The summed E-state index contributed by atoms with van der Waals surface area (Å²) < 4.78 is 357. The van der Waals surface area contributed by atoms with Gasteiger partial charge in [0.15, 0.2) is 0 Å². The summed E-state index contributed by atoms with van der Waals surface area (Å²) in [7, 11) is -0.534. The summed E-state index contributed by atoms with van der Waals surface area (Å²) in [5.41, 5.74) is -1.80. The van der Waals surface area contributed by atoms with Gasteiger partial charge in [-0.25, -0.2) is 4.39 Å². The number of alkyl halides is 25. The summed E-state index contributed by atoms with van der Waals surface area (Å²) in [5, 5.41) is -6.71. The van der Waals surface area contributed by atoms with Crippen molar-refractivity contribution < 1.29 is 110 Å². The molecule has 0 N–H and O–H groups in total. The molecule has 1 aliphatic rings. The van der Waals surface area contributed by atoms with Crippen LogP contribution in [0.25, 0.3) is 0 Å². The standard InChI is InChI=1S/C38H36F25N2P.C2H6/c1-16-12-18(3)25(19(4)13-16)64-22(7)65(26-20(5)14-17(2)15-21(26)6)24(9-11-28(41,42)30(45,46)32(49,50)34(53,54)36(57,66)38(61,62)63)23(64)8-10-27(39,40)29(43,44)31(47,48)33(51,52)35(55,56)37(58,59)60;1-2/h12-15,22H,8-11,66H2,1-7H3;1-2H3. The molecule has 0 saturated carbocycles. The Bertz CT molecular complexity index is 1980. The second-order valence-electron chi connectivity index (χ2n) is 15.9. The lowest BCUT2D eigenvalue weighted by Gasteiger charge is -2.41. The van der Waals surface area contributed by atoms with Gasteiger partial charge in [0.25, 0.3) is 5.41 Å². The SMILES string of the molecule is CC.Cc1cc(C)c(N2C(CCC(F)(F)C(F)(F)C(F)(F)C(F)(F)C(F)(F)C(F)(F)F)=C(CCC(F)(F)C(F)(F)C(F)(F)C(F)(F)C(F)(P)C(F)(F)F)N(c3c(C)cc(C)cc3C)C2C)c(C)c1. The number of nitrogens with zero attached hydrogens (tertiary/aromatic N) is 2. The molecule has 2 aromatic rings. The normalized spacial score (nSPS) is 17.7. The number of anilines is 2.